The summed E-state index contributed by atoms with van der Waals surface area (Å²) in [5, 5.41) is 11.9. The van der Waals surface area contributed by atoms with Gasteiger partial charge in [-0.3, -0.25) is 9.69 Å². The average molecular weight is 374 g/mol. The number of carbonyl (C=O) groups is 1. The van der Waals surface area contributed by atoms with Crippen molar-refractivity contribution in [1.82, 2.24) is 25.2 Å². The molecule has 0 aliphatic heterocycles. The molecule has 0 aliphatic carbocycles. The van der Waals surface area contributed by atoms with Crippen LogP contribution in [-0.4, -0.2) is 31.1 Å². The Morgan fingerprint density at radius 1 is 0.964 bits per heavy atom. The van der Waals surface area contributed by atoms with E-state index in [1.165, 1.54) is 34.0 Å². The molecular formula is C20H15FN6O. The second-order valence-corrected chi connectivity index (χ2v) is 5.94. The van der Waals surface area contributed by atoms with Crippen molar-refractivity contribution < 1.29 is 9.18 Å². The number of carbonyl (C=O) groups excluding carboxylic acids is 1. The van der Waals surface area contributed by atoms with Gasteiger partial charge >= 0.3 is 5.91 Å². The minimum atomic E-state index is -0.434. The summed E-state index contributed by atoms with van der Waals surface area (Å²) in [5.41, 5.74) is 1.44. The monoisotopic (exact) mass is 374 g/mol. The summed E-state index contributed by atoms with van der Waals surface area (Å²) in [5.74, 6) is -0.402. The number of hydrogen-bond donors (Lipinski definition) is 0. The van der Waals surface area contributed by atoms with Gasteiger partial charge < -0.3 is 0 Å². The fourth-order valence-electron chi connectivity index (χ4n) is 2.64. The number of nitrogens with zero attached hydrogens (tertiary/aromatic N) is 6. The third-order valence-electron chi connectivity index (χ3n) is 4.02. The first-order chi connectivity index (χ1) is 13.7. The summed E-state index contributed by atoms with van der Waals surface area (Å²) in [6.07, 6.45) is 1.61. The maximum Gasteiger partial charge on any atom is 0.301 e. The van der Waals surface area contributed by atoms with E-state index in [2.05, 4.69) is 20.4 Å². The van der Waals surface area contributed by atoms with Crippen molar-refractivity contribution >= 4 is 11.7 Å². The molecule has 0 spiro atoms. The molecule has 0 unspecified atom stereocenters. The van der Waals surface area contributed by atoms with Gasteiger partial charge in [-0.15, -0.1) is 15.0 Å². The van der Waals surface area contributed by atoms with Crippen LogP contribution in [0.25, 0.3) is 5.69 Å². The van der Waals surface area contributed by atoms with Crippen molar-refractivity contribution in [3.8, 4) is 5.69 Å². The molecule has 0 saturated carbocycles. The van der Waals surface area contributed by atoms with Crippen LogP contribution in [0.3, 0.4) is 0 Å². The van der Waals surface area contributed by atoms with Gasteiger partial charge in [0.2, 0.25) is 0 Å². The highest BCUT2D eigenvalue weighted by Gasteiger charge is 2.24. The van der Waals surface area contributed by atoms with E-state index < -0.39 is 5.91 Å². The minimum absolute atomic E-state index is 0.0779. The molecule has 0 aliphatic rings. The van der Waals surface area contributed by atoms with Crippen LogP contribution >= 0.6 is 0 Å². The van der Waals surface area contributed by atoms with Gasteiger partial charge in [0.05, 0.1) is 12.2 Å². The Kier molecular flexibility index (Phi) is 4.83. The number of rotatable bonds is 5. The number of hydrogen-bond acceptors (Lipinski definition) is 5. The molecule has 7 nitrogen and oxygen atoms in total. The van der Waals surface area contributed by atoms with Gasteiger partial charge in [0, 0.05) is 6.20 Å². The van der Waals surface area contributed by atoms with Crippen LogP contribution in [0.15, 0.2) is 79.0 Å². The third kappa shape index (κ3) is 3.75. The summed E-state index contributed by atoms with van der Waals surface area (Å²) in [7, 11) is 0. The van der Waals surface area contributed by atoms with E-state index in [4.69, 9.17) is 0 Å². The molecule has 0 bridgehead atoms. The first kappa shape index (κ1) is 17.5. The van der Waals surface area contributed by atoms with Crippen molar-refractivity contribution in [2.45, 2.75) is 6.54 Å². The van der Waals surface area contributed by atoms with Crippen LogP contribution in [0.1, 0.15) is 16.2 Å². The van der Waals surface area contributed by atoms with E-state index in [1.54, 1.807) is 24.4 Å². The van der Waals surface area contributed by atoms with Crippen LogP contribution in [-0.2, 0) is 6.54 Å². The number of pyridine rings is 1. The second kappa shape index (κ2) is 7.75. The number of anilines is 1. The number of benzene rings is 2. The third-order valence-corrected chi connectivity index (χ3v) is 4.02. The van der Waals surface area contributed by atoms with Crippen molar-refractivity contribution in [3.05, 3.63) is 96.2 Å². The first-order valence-corrected chi connectivity index (χ1v) is 8.53. The van der Waals surface area contributed by atoms with Crippen LogP contribution in [0, 0.1) is 5.82 Å². The molecule has 28 heavy (non-hydrogen) atoms. The van der Waals surface area contributed by atoms with E-state index in [9.17, 15) is 9.18 Å². The Balaban J connectivity index is 1.65. The molecule has 2 heterocycles. The van der Waals surface area contributed by atoms with Crippen LogP contribution in [0.2, 0.25) is 0 Å². The lowest BCUT2D eigenvalue weighted by atomic mass is 10.2. The van der Waals surface area contributed by atoms with Gasteiger partial charge in [-0.2, -0.15) is 0 Å². The predicted molar refractivity (Wildman–Crippen MR) is 100 cm³/mol. The molecule has 4 aromatic rings. The maximum atomic E-state index is 13.1. The molecule has 8 heteroatoms. The lowest BCUT2D eigenvalue weighted by Crippen LogP contribution is -2.32. The highest BCUT2D eigenvalue weighted by atomic mass is 19.1. The molecule has 0 atom stereocenters. The average Bonchev–Trinajstić information content (AvgIpc) is 3.24. The quantitative estimate of drug-likeness (QED) is 0.537. The lowest BCUT2D eigenvalue weighted by molar-refractivity contribution is 0.0974. The van der Waals surface area contributed by atoms with Gasteiger partial charge in [-0.1, -0.05) is 36.4 Å². The standard InChI is InChI=1S/C20H15FN6O/c21-16-9-11-17(12-10-16)27-24-19(23-25-27)20(28)26(18-8-4-5-13-22-18)14-15-6-2-1-3-7-15/h1-13H,14H2. The fourth-order valence-corrected chi connectivity index (χ4v) is 2.64. The molecule has 2 aromatic carbocycles. The van der Waals surface area contributed by atoms with Crippen molar-refractivity contribution in [2.75, 3.05) is 4.90 Å². The summed E-state index contributed by atoms with van der Waals surface area (Å²) in [6.45, 7) is 0.307. The summed E-state index contributed by atoms with van der Waals surface area (Å²) in [6, 6.07) is 20.5. The Morgan fingerprint density at radius 2 is 1.71 bits per heavy atom. The maximum absolute atomic E-state index is 13.1. The molecule has 4 rings (SSSR count). The van der Waals surface area contributed by atoms with E-state index in [0.29, 0.717) is 18.1 Å². The van der Waals surface area contributed by atoms with Crippen LogP contribution < -0.4 is 4.90 Å². The molecule has 0 saturated heterocycles. The molecule has 1 amide bonds. The van der Waals surface area contributed by atoms with Gasteiger partial charge in [-0.25, -0.2) is 9.37 Å². The zero-order valence-corrected chi connectivity index (χ0v) is 14.7. The van der Waals surface area contributed by atoms with Crippen molar-refractivity contribution in [3.63, 3.8) is 0 Å². The van der Waals surface area contributed by atoms with Crippen LogP contribution in [0.5, 0.6) is 0 Å². The van der Waals surface area contributed by atoms with E-state index in [-0.39, 0.29) is 11.6 Å². The van der Waals surface area contributed by atoms with E-state index in [1.807, 2.05) is 30.3 Å². The Morgan fingerprint density at radius 3 is 2.43 bits per heavy atom. The number of halogens is 1. The largest absolute Gasteiger partial charge is 0.301 e. The van der Waals surface area contributed by atoms with E-state index >= 15 is 0 Å². The highest BCUT2D eigenvalue weighted by Crippen LogP contribution is 2.16. The molecular weight excluding hydrogens is 359 g/mol. The zero-order chi connectivity index (χ0) is 19.3. The normalized spacial score (nSPS) is 10.6. The Labute approximate surface area is 160 Å². The Bertz CT molecular complexity index is 1070. The summed E-state index contributed by atoms with van der Waals surface area (Å²) >= 11 is 0. The minimum Gasteiger partial charge on any atom is -0.285 e. The van der Waals surface area contributed by atoms with Crippen molar-refractivity contribution in [2.24, 2.45) is 0 Å². The number of amides is 1. The van der Waals surface area contributed by atoms with Gasteiger partial charge in [0.15, 0.2) is 0 Å². The SMILES string of the molecule is O=C(c1nnn(-c2ccc(F)cc2)n1)N(Cc1ccccc1)c1ccccn1. The molecule has 0 fully saturated rings. The van der Waals surface area contributed by atoms with E-state index in [0.717, 1.165) is 5.56 Å². The first-order valence-electron chi connectivity index (χ1n) is 8.53. The topological polar surface area (TPSA) is 76.8 Å². The van der Waals surface area contributed by atoms with Crippen molar-refractivity contribution in [1.29, 1.82) is 0 Å². The fraction of sp³-hybridized carbons (Fsp3) is 0.0500. The molecule has 0 N–H and O–H groups in total. The number of tetrazole rings is 1. The molecule has 0 radical (unpaired) electrons. The second-order valence-electron chi connectivity index (χ2n) is 5.94. The zero-order valence-electron chi connectivity index (χ0n) is 14.7. The summed E-state index contributed by atoms with van der Waals surface area (Å²) in [4.78, 5) is 20.0. The van der Waals surface area contributed by atoms with Gasteiger partial charge in [0.25, 0.3) is 5.82 Å². The highest BCUT2D eigenvalue weighted by molar-refractivity contribution is 6.02. The van der Waals surface area contributed by atoms with Gasteiger partial charge in [-0.05, 0) is 47.2 Å². The van der Waals surface area contributed by atoms with Gasteiger partial charge in [0.1, 0.15) is 11.6 Å². The smallest absolute Gasteiger partial charge is 0.285 e. The predicted octanol–water partition coefficient (Wildman–Crippen LogP) is 3.04. The molecule has 2 aromatic heterocycles. The Hall–Kier alpha value is -3.94. The molecule has 138 valence electrons. The lowest BCUT2D eigenvalue weighted by Gasteiger charge is -2.20. The van der Waals surface area contributed by atoms with Crippen LogP contribution in [0.4, 0.5) is 10.2 Å². The summed E-state index contributed by atoms with van der Waals surface area (Å²) < 4.78 is 13.1. The number of aromatic nitrogens is 5.